The van der Waals surface area contributed by atoms with Crippen molar-refractivity contribution >= 4 is 51.2 Å². The van der Waals surface area contributed by atoms with Gasteiger partial charge < -0.3 is 10.6 Å². The molecule has 9 nitrogen and oxygen atoms in total. The Morgan fingerprint density at radius 1 is 0.957 bits per heavy atom. The molecule has 47 heavy (non-hydrogen) atoms. The first-order valence-corrected chi connectivity index (χ1v) is 15.7. The van der Waals surface area contributed by atoms with E-state index in [1.165, 1.54) is 30.6 Å². The highest BCUT2D eigenvalue weighted by Crippen LogP contribution is 2.37. The molecule has 1 saturated heterocycles. The average molecular weight is 681 g/mol. The molecule has 1 aliphatic rings. The molecule has 3 aromatic heterocycles. The predicted octanol–water partition coefficient (Wildman–Crippen LogP) is 8.20. The van der Waals surface area contributed by atoms with Gasteiger partial charge in [-0.1, -0.05) is 28.4 Å². The Morgan fingerprint density at radius 3 is 2.38 bits per heavy atom. The van der Waals surface area contributed by atoms with Crippen LogP contribution in [0.4, 0.5) is 30.2 Å². The Labute approximate surface area is 279 Å². The third-order valence-electron chi connectivity index (χ3n) is 8.31. The number of anilines is 3. The van der Waals surface area contributed by atoms with E-state index in [0.29, 0.717) is 39.2 Å². The highest BCUT2D eigenvalue weighted by Gasteiger charge is 2.29. The minimum absolute atomic E-state index is 0.0687. The number of pyridine rings is 2. The van der Waals surface area contributed by atoms with Gasteiger partial charge in [-0.2, -0.15) is 9.65 Å². The van der Waals surface area contributed by atoms with Crippen molar-refractivity contribution in [1.29, 1.82) is 5.26 Å². The van der Waals surface area contributed by atoms with E-state index >= 15 is 0 Å². The lowest BCUT2D eigenvalue weighted by molar-refractivity contribution is 0.0866. The first-order valence-electron chi connectivity index (χ1n) is 14.9. The van der Waals surface area contributed by atoms with Crippen molar-refractivity contribution in [3.05, 3.63) is 99.4 Å². The second-order valence-electron chi connectivity index (χ2n) is 12.4. The lowest BCUT2D eigenvalue weighted by Crippen LogP contribution is -2.46. The van der Waals surface area contributed by atoms with E-state index in [1.807, 2.05) is 4.68 Å². The molecule has 2 aromatic carbocycles. The number of fused-ring (bicyclic) bond motifs is 1. The van der Waals surface area contributed by atoms with Crippen LogP contribution in [0.3, 0.4) is 0 Å². The largest absolute Gasteiger partial charge is 0.373 e. The van der Waals surface area contributed by atoms with Crippen LogP contribution in [0.15, 0.2) is 55.0 Å². The molecule has 0 saturated carbocycles. The smallest absolute Gasteiger partial charge is 0.248 e. The summed E-state index contributed by atoms with van der Waals surface area (Å²) in [5, 5.41) is 25.8. The maximum absolute atomic E-state index is 14.5. The van der Waals surface area contributed by atoms with Crippen molar-refractivity contribution in [2.45, 2.75) is 51.2 Å². The fourth-order valence-electron chi connectivity index (χ4n) is 5.77. The highest BCUT2D eigenvalue weighted by molar-refractivity contribution is 6.36. The number of piperidine rings is 1. The summed E-state index contributed by atoms with van der Waals surface area (Å²) < 4.78 is 44.0. The van der Waals surface area contributed by atoms with Crippen LogP contribution in [0.1, 0.15) is 62.5 Å². The van der Waals surface area contributed by atoms with Gasteiger partial charge in [-0.3, -0.25) is 9.88 Å². The molecule has 0 amide bonds. The van der Waals surface area contributed by atoms with Crippen LogP contribution in [-0.4, -0.2) is 48.5 Å². The van der Waals surface area contributed by atoms with E-state index in [1.54, 1.807) is 18.3 Å². The van der Waals surface area contributed by atoms with Crippen LogP contribution in [-0.2, 0) is 0 Å². The van der Waals surface area contributed by atoms with Crippen LogP contribution in [0.2, 0.25) is 10.0 Å². The summed E-state index contributed by atoms with van der Waals surface area (Å²) in [4.78, 5) is 10.4. The van der Waals surface area contributed by atoms with E-state index in [2.05, 4.69) is 62.7 Å². The predicted molar refractivity (Wildman–Crippen MR) is 175 cm³/mol. The van der Waals surface area contributed by atoms with Gasteiger partial charge in [0.25, 0.3) is 0 Å². The van der Waals surface area contributed by atoms with Crippen molar-refractivity contribution in [2.24, 2.45) is 0 Å². The molecule has 2 N–H and O–H groups in total. The topological polar surface area (TPSA) is 108 Å². The standard InChI is InChI=1S/C33H30Cl2F3N9/c1-33(2,3)46-8-6-22(7-9-46)47-17-28(44-45-47)30(18-10-27(37)32(38)41-15-18)43-21-11-23-29(42-20-4-5-26(36)24(34)12-20)19(14-39)16-40-31(23)25(35)13-21/h4-5,10-13,15-17,22,30,43H,6-9H2,1-3H3,(H,40,42)/t30-/m0/s1. The lowest BCUT2D eigenvalue weighted by atomic mass is 9.98. The summed E-state index contributed by atoms with van der Waals surface area (Å²) in [5.41, 5.74) is 2.68. The summed E-state index contributed by atoms with van der Waals surface area (Å²) in [5.74, 6) is -2.92. The molecular weight excluding hydrogens is 650 g/mol. The van der Waals surface area contributed by atoms with Gasteiger partial charge in [0, 0.05) is 53.3 Å². The quantitative estimate of drug-likeness (QED) is 0.166. The summed E-state index contributed by atoms with van der Waals surface area (Å²) in [6.45, 7) is 8.40. The lowest BCUT2D eigenvalue weighted by Gasteiger charge is -2.40. The van der Waals surface area contributed by atoms with Gasteiger partial charge in [0.15, 0.2) is 5.82 Å². The van der Waals surface area contributed by atoms with Crippen molar-refractivity contribution < 1.29 is 13.2 Å². The van der Waals surface area contributed by atoms with Crippen molar-refractivity contribution in [1.82, 2.24) is 29.9 Å². The Bertz CT molecular complexity index is 2000. The highest BCUT2D eigenvalue weighted by atomic mass is 35.5. The Kier molecular flexibility index (Phi) is 8.98. The van der Waals surface area contributed by atoms with E-state index in [-0.39, 0.29) is 27.2 Å². The number of rotatable bonds is 7. The number of nitrogens with zero attached hydrogens (tertiary/aromatic N) is 7. The van der Waals surface area contributed by atoms with E-state index in [9.17, 15) is 18.4 Å². The van der Waals surface area contributed by atoms with Crippen LogP contribution in [0.25, 0.3) is 10.9 Å². The molecule has 1 fully saturated rings. The molecule has 5 aromatic rings. The van der Waals surface area contributed by atoms with Gasteiger partial charge in [-0.05, 0) is 70.0 Å². The Balaban J connectivity index is 1.38. The second kappa shape index (κ2) is 13.0. The molecule has 1 aliphatic heterocycles. The van der Waals surface area contributed by atoms with Gasteiger partial charge in [0.1, 0.15) is 17.6 Å². The number of aromatic nitrogens is 5. The number of likely N-dealkylation sites (tertiary alicyclic amines) is 1. The molecule has 0 radical (unpaired) electrons. The fourth-order valence-corrected chi connectivity index (χ4v) is 6.22. The average Bonchev–Trinajstić information content (AvgIpc) is 3.53. The number of nitriles is 1. The van der Waals surface area contributed by atoms with E-state index in [4.69, 9.17) is 23.2 Å². The Hall–Kier alpha value is -4.44. The van der Waals surface area contributed by atoms with Gasteiger partial charge >= 0.3 is 0 Å². The molecule has 4 heterocycles. The van der Waals surface area contributed by atoms with Crippen molar-refractivity contribution in [3.8, 4) is 6.07 Å². The number of hydrogen-bond donors (Lipinski definition) is 2. The maximum Gasteiger partial charge on any atom is 0.248 e. The van der Waals surface area contributed by atoms with E-state index < -0.39 is 23.6 Å². The molecule has 0 bridgehead atoms. The van der Waals surface area contributed by atoms with Gasteiger partial charge in [0.2, 0.25) is 5.95 Å². The first kappa shape index (κ1) is 32.5. The van der Waals surface area contributed by atoms with Crippen LogP contribution < -0.4 is 10.6 Å². The number of hydrogen-bond acceptors (Lipinski definition) is 8. The molecule has 242 valence electrons. The normalized spacial score (nSPS) is 15.0. The van der Waals surface area contributed by atoms with Crippen molar-refractivity contribution in [2.75, 3.05) is 23.7 Å². The Morgan fingerprint density at radius 2 is 1.70 bits per heavy atom. The minimum Gasteiger partial charge on any atom is -0.373 e. The van der Waals surface area contributed by atoms with Crippen molar-refractivity contribution in [3.63, 3.8) is 0 Å². The zero-order valence-corrected chi connectivity index (χ0v) is 27.2. The molecule has 1 atom stereocenters. The fraction of sp³-hybridized carbons (Fsp3) is 0.303. The molecule has 14 heteroatoms. The van der Waals surface area contributed by atoms with E-state index in [0.717, 1.165) is 32.0 Å². The molecule has 0 unspecified atom stereocenters. The van der Waals surface area contributed by atoms with Gasteiger partial charge in [-0.25, -0.2) is 18.4 Å². The van der Waals surface area contributed by atoms with Crippen LogP contribution >= 0.6 is 23.2 Å². The maximum atomic E-state index is 14.5. The van der Waals surface area contributed by atoms with Gasteiger partial charge in [0.05, 0.1) is 45.1 Å². The third kappa shape index (κ3) is 6.83. The number of halogens is 5. The van der Waals surface area contributed by atoms with Gasteiger partial charge in [-0.15, -0.1) is 5.10 Å². The first-order chi connectivity index (χ1) is 22.4. The number of benzene rings is 2. The summed E-state index contributed by atoms with van der Waals surface area (Å²) in [6.07, 6.45) is 6.19. The van der Waals surface area contributed by atoms with Crippen LogP contribution in [0, 0.1) is 28.9 Å². The minimum atomic E-state index is -1.22. The summed E-state index contributed by atoms with van der Waals surface area (Å²) >= 11 is 12.7. The SMILES string of the molecule is CC(C)(C)N1CCC(n2cc([C@@H](Nc3cc(Cl)c4ncc(C#N)c(Nc5ccc(F)c(Cl)c5)c4c3)c3cnc(F)c(F)c3)nn2)CC1. The monoisotopic (exact) mass is 679 g/mol. The molecule has 0 aliphatic carbocycles. The second-order valence-corrected chi connectivity index (χ2v) is 13.2. The van der Waals surface area contributed by atoms with Crippen LogP contribution in [0.5, 0.6) is 0 Å². The summed E-state index contributed by atoms with van der Waals surface area (Å²) in [7, 11) is 0. The summed E-state index contributed by atoms with van der Waals surface area (Å²) in [6, 6.07) is 9.94. The third-order valence-corrected chi connectivity index (χ3v) is 8.88. The molecule has 0 spiro atoms. The molecular formula is C33H30Cl2F3N9. The number of nitrogens with one attached hydrogen (secondary N) is 2. The molecule has 6 rings (SSSR count). The zero-order valence-electron chi connectivity index (χ0n) is 25.7. The zero-order chi connectivity index (χ0) is 33.5.